The number of hydrogen-bond acceptors (Lipinski definition) is 6. The van der Waals surface area contributed by atoms with Crippen molar-refractivity contribution in [3.63, 3.8) is 0 Å². The summed E-state index contributed by atoms with van der Waals surface area (Å²) in [6.07, 6.45) is 5.71. The van der Waals surface area contributed by atoms with Gasteiger partial charge in [0.05, 0.1) is 53.6 Å². The van der Waals surface area contributed by atoms with Crippen LogP contribution in [0.2, 0.25) is 5.02 Å². The summed E-state index contributed by atoms with van der Waals surface area (Å²) in [5, 5.41) is 3.40. The highest BCUT2D eigenvalue weighted by Crippen LogP contribution is 2.35. The molecular weight excluding hydrogens is 577 g/mol. The van der Waals surface area contributed by atoms with Crippen molar-refractivity contribution >= 4 is 55.8 Å². The average molecular weight is 609 g/mol. The highest BCUT2D eigenvalue weighted by atomic mass is 79.9. The van der Waals surface area contributed by atoms with Crippen LogP contribution in [0.5, 0.6) is 0 Å². The molecule has 2 heterocycles. The van der Waals surface area contributed by atoms with Gasteiger partial charge in [-0.05, 0) is 69.3 Å². The van der Waals surface area contributed by atoms with E-state index in [9.17, 15) is 4.79 Å². The lowest BCUT2D eigenvalue weighted by Crippen LogP contribution is -2.43. The summed E-state index contributed by atoms with van der Waals surface area (Å²) in [6, 6.07) is 7.29. The van der Waals surface area contributed by atoms with Crippen LogP contribution in [-0.4, -0.2) is 59.3 Å². The Morgan fingerprint density at radius 3 is 2.87 bits per heavy atom. The number of halogens is 3. The number of benzene rings is 2. The fraction of sp³-hybridized carbons (Fsp3) is 0.481. The third-order valence-electron chi connectivity index (χ3n) is 7.07. The molecule has 38 heavy (non-hydrogen) atoms. The van der Waals surface area contributed by atoms with Crippen molar-refractivity contribution in [2.24, 2.45) is 5.92 Å². The SMILES string of the molecule is CC1COCCN1CCCCn1cnc2c(F)c(Nc3ccc(Br)cc3Cl)c(C(=O)NOCC3CC3)cc21. The van der Waals surface area contributed by atoms with Gasteiger partial charge in [-0.15, -0.1) is 0 Å². The molecule has 1 aromatic heterocycles. The van der Waals surface area contributed by atoms with Crippen molar-refractivity contribution in [2.75, 3.05) is 38.2 Å². The number of nitrogens with one attached hydrogen (secondary N) is 2. The van der Waals surface area contributed by atoms with E-state index in [0.29, 0.717) is 41.3 Å². The number of carbonyl (C=O) groups excluding carboxylic acids is 1. The second-order valence-electron chi connectivity index (χ2n) is 10.0. The molecule has 8 nitrogen and oxygen atoms in total. The number of morpholine rings is 1. The number of carbonyl (C=O) groups is 1. The summed E-state index contributed by atoms with van der Waals surface area (Å²) in [5.74, 6) is -0.679. The van der Waals surface area contributed by atoms with Gasteiger partial charge in [-0.25, -0.2) is 14.9 Å². The minimum Gasteiger partial charge on any atom is -0.379 e. The zero-order valence-corrected chi connectivity index (χ0v) is 23.7. The molecule has 2 aliphatic rings. The minimum absolute atomic E-state index is 0.000740. The van der Waals surface area contributed by atoms with Gasteiger partial charge >= 0.3 is 0 Å². The lowest BCUT2D eigenvalue weighted by Gasteiger charge is -2.33. The maximum Gasteiger partial charge on any atom is 0.277 e. The van der Waals surface area contributed by atoms with Crippen LogP contribution in [0.15, 0.2) is 35.1 Å². The van der Waals surface area contributed by atoms with Crippen molar-refractivity contribution < 1.29 is 18.8 Å². The topological polar surface area (TPSA) is 80.7 Å². The molecule has 1 saturated heterocycles. The van der Waals surface area contributed by atoms with Crippen LogP contribution in [0, 0.1) is 11.7 Å². The standard InChI is InChI=1S/C27H32BrClFN5O3/c1-17-14-37-11-10-34(17)8-2-3-9-35-16-31-26-23(35)13-20(27(36)33-38-15-18-4-5-18)25(24(26)30)32-22-7-6-19(28)12-21(22)29/h6-7,12-13,16-18,32H,2-5,8-11,14-15H2,1H3,(H,33,36). The maximum absolute atomic E-state index is 15.9. The molecule has 0 radical (unpaired) electrons. The number of imidazole rings is 1. The largest absolute Gasteiger partial charge is 0.379 e. The first-order valence-electron chi connectivity index (χ1n) is 13.0. The van der Waals surface area contributed by atoms with Crippen molar-refractivity contribution in [3.05, 3.63) is 51.5 Å². The van der Waals surface area contributed by atoms with Gasteiger partial charge in [0, 0.05) is 23.6 Å². The van der Waals surface area contributed by atoms with Crippen molar-refractivity contribution in [3.8, 4) is 0 Å². The number of fused-ring (bicyclic) bond motifs is 1. The summed E-state index contributed by atoms with van der Waals surface area (Å²) in [5.41, 5.74) is 3.83. The van der Waals surface area contributed by atoms with E-state index in [1.54, 1.807) is 30.6 Å². The first kappa shape index (κ1) is 27.3. The van der Waals surface area contributed by atoms with Crippen molar-refractivity contribution in [1.82, 2.24) is 19.9 Å². The van der Waals surface area contributed by atoms with Gasteiger partial charge in [-0.2, -0.15) is 0 Å². The van der Waals surface area contributed by atoms with E-state index in [4.69, 9.17) is 21.2 Å². The fourth-order valence-corrected chi connectivity index (χ4v) is 5.34. The summed E-state index contributed by atoms with van der Waals surface area (Å²) >= 11 is 9.75. The molecule has 2 fully saturated rings. The molecule has 1 aliphatic carbocycles. The Morgan fingerprint density at radius 1 is 1.29 bits per heavy atom. The van der Waals surface area contributed by atoms with Gasteiger partial charge in [0.25, 0.3) is 5.91 Å². The van der Waals surface area contributed by atoms with Crippen LogP contribution in [0.3, 0.4) is 0 Å². The second kappa shape index (κ2) is 12.3. The van der Waals surface area contributed by atoms with Gasteiger partial charge < -0.3 is 14.6 Å². The van der Waals surface area contributed by atoms with Crippen LogP contribution < -0.4 is 10.8 Å². The monoisotopic (exact) mass is 607 g/mol. The number of ether oxygens (including phenoxy) is 1. The molecule has 5 rings (SSSR count). The van der Waals surface area contributed by atoms with Crippen molar-refractivity contribution in [2.45, 2.75) is 45.2 Å². The number of anilines is 2. The summed E-state index contributed by atoms with van der Waals surface area (Å²) in [7, 11) is 0. The molecule has 1 atom stereocenters. The Hall–Kier alpha value is -2.24. The quantitative estimate of drug-likeness (QED) is 0.208. The molecule has 11 heteroatoms. The van der Waals surface area contributed by atoms with E-state index in [0.717, 1.165) is 56.5 Å². The van der Waals surface area contributed by atoms with Crippen LogP contribution >= 0.6 is 27.5 Å². The smallest absolute Gasteiger partial charge is 0.277 e. The van der Waals surface area contributed by atoms with Gasteiger partial charge in [0.2, 0.25) is 0 Å². The second-order valence-corrected chi connectivity index (χ2v) is 11.3. The molecule has 2 aromatic carbocycles. The zero-order chi connectivity index (χ0) is 26.6. The number of aromatic nitrogens is 2. The van der Waals surface area contributed by atoms with E-state index in [1.165, 1.54) is 0 Å². The highest BCUT2D eigenvalue weighted by Gasteiger charge is 2.25. The Morgan fingerprint density at radius 2 is 2.11 bits per heavy atom. The lowest BCUT2D eigenvalue weighted by molar-refractivity contribution is -0.000957. The predicted molar refractivity (Wildman–Crippen MR) is 149 cm³/mol. The van der Waals surface area contributed by atoms with E-state index in [1.807, 2.05) is 4.57 Å². The van der Waals surface area contributed by atoms with Crippen molar-refractivity contribution in [1.29, 1.82) is 0 Å². The molecule has 1 saturated carbocycles. The Labute approximate surface area is 234 Å². The Kier molecular flexibility index (Phi) is 8.84. The molecule has 0 bridgehead atoms. The van der Waals surface area contributed by atoms with E-state index >= 15 is 4.39 Å². The normalized spacial score (nSPS) is 18.2. The van der Waals surface area contributed by atoms with Crippen LogP contribution in [-0.2, 0) is 16.1 Å². The number of rotatable bonds is 11. The predicted octanol–water partition coefficient (Wildman–Crippen LogP) is 5.91. The zero-order valence-electron chi connectivity index (χ0n) is 21.3. The third-order valence-corrected chi connectivity index (χ3v) is 7.88. The highest BCUT2D eigenvalue weighted by molar-refractivity contribution is 9.10. The maximum atomic E-state index is 15.9. The summed E-state index contributed by atoms with van der Waals surface area (Å²) in [4.78, 5) is 25.4. The summed E-state index contributed by atoms with van der Waals surface area (Å²) in [6.45, 7) is 6.75. The number of hydroxylamine groups is 1. The van der Waals surface area contributed by atoms with E-state index < -0.39 is 11.7 Å². The Bertz CT molecular complexity index is 1300. The van der Waals surface area contributed by atoms with Gasteiger partial charge in [0.1, 0.15) is 5.52 Å². The summed E-state index contributed by atoms with van der Waals surface area (Å²) < 4.78 is 24.1. The van der Waals surface area contributed by atoms with Gasteiger partial charge in [0.15, 0.2) is 5.82 Å². The first-order valence-corrected chi connectivity index (χ1v) is 14.2. The fourth-order valence-electron chi connectivity index (χ4n) is 4.62. The van der Waals surface area contributed by atoms with E-state index in [2.05, 4.69) is 43.5 Å². The molecule has 204 valence electrons. The third kappa shape index (κ3) is 6.48. The number of unbranched alkanes of at least 4 members (excludes halogenated alkanes) is 1. The van der Waals surface area contributed by atoms with Crippen LogP contribution in [0.25, 0.3) is 11.0 Å². The van der Waals surface area contributed by atoms with E-state index in [-0.39, 0.29) is 16.8 Å². The molecule has 2 N–H and O–H groups in total. The number of nitrogens with zero attached hydrogens (tertiary/aromatic N) is 3. The molecular formula is C27H32BrClFN5O3. The average Bonchev–Trinajstić information content (AvgIpc) is 3.63. The number of amides is 1. The molecule has 0 spiro atoms. The molecule has 3 aromatic rings. The molecule has 1 amide bonds. The van der Waals surface area contributed by atoms with Crippen LogP contribution in [0.4, 0.5) is 15.8 Å². The number of hydrogen-bond donors (Lipinski definition) is 2. The van der Waals surface area contributed by atoms with Gasteiger partial charge in [-0.3, -0.25) is 14.5 Å². The molecule has 1 unspecified atom stereocenters. The number of aryl methyl sites for hydroxylation is 1. The van der Waals surface area contributed by atoms with Crippen LogP contribution in [0.1, 0.15) is 43.0 Å². The Balaban J connectivity index is 1.37. The van der Waals surface area contributed by atoms with Gasteiger partial charge in [-0.1, -0.05) is 27.5 Å². The minimum atomic E-state index is -0.616. The first-order chi connectivity index (χ1) is 18.4. The molecule has 1 aliphatic heterocycles. The lowest BCUT2D eigenvalue weighted by atomic mass is 10.1.